The Bertz CT molecular complexity index is 518. The predicted octanol–water partition coefficient (Wildman–Crippen LogP) is 2.30. The molecule has 21 heavy (non-hydrogen) atoms. The maximum atomic E-state index is 13.3. The number of hydrogen-bond donors (Lipinski definition) is 2. The lowest BCUT2D eigenvalue weighted by Crippen LogP contribution is -2.39. The standard InChI is InChI=1S/C15H20F2N2O2/c1-9(2)4-7-13(20)19-14(15(21)18-3)10-5-6-11(16)12(17)8-10/h5-6,8-9,14H,4,7H2,1-3H3,(H,18,21)(H,19,20). The van der Waals surface area contributed by atoms with Crippen LogP contribution in [-0.2, 0) is 9.59 Å². The van der Waals surface area contributed by atoms with Crippen molar-refractivity contribution in [3.05, 3.63) is 35.4 Å². The number of hydrogen-bond acceptors (Lipinski definition) is 2. The molecule has 1 aromatic carbocycles. The second kappa shape index (κ2) is 7.71. The van der Waals surface area contributed by atoms with Gasteiger partial charge in [-0.3, -0.25) is 9.59 Å². The second-order valence-corrected chi connectivity index (χ2v) is 5.22. The molecule has 6 heteroatoms. The fraction of sp³-hybridized carbons (Fsp3) is 0.467. The number of amides is 2. The maximum Gasteiger partial charge on any atom is 0.246 e. The van der Waals surface area contributed by atoms with Gasteiger partial charge in [-0.15, -0.1) is 0 Å². The van der Waals surface area contributed by atoms with Gasteiger partial charge < -0.3 is 10.6 Å². The molecule has 1 aromatic rings. The van der Waals surface area contributed by atoms with Crippen molar-refractivity contribution < 1.29 is 18.4 Å². The SMILES string of the molecule is CNC(=O)C(NC(=O)CCC(C)C)c1ccc(F)c(F)c1. The molecule has 0 aromatic heterocycles. The minimum atomic E-state index is -1.06. The maximum absolute atomic E-state index is 13.3. The van der Waals surface area contributed by atoms with Gasteiger partial charge in [-0.25, -0.2) is 8.78 Å². The van der Waals surface area contributed by atoms with Crippen LogP contribution in [0.5, 0.6) is 0 Å². The van der Waals surface area contributed by atoms with E-state index in [1.807, 2.05) is 13.8 Å². The first kappa shape index (κ1) is 17.1. The van der Waals surface area contributed by atoms with E-state index in [-0.39, 0.29) is 17.9 Å². The summed E-state index contributed by atoms with van der Waals surface area (Å²) in [7, 11) is 1.41. The molecule has 0 saturated carbocycles. The lowest BCUT2D eigenvalue weighted by atomic mass is 10.0. The van der Waals surface area contributed by atoms with Gasteiger partial charge in [0.25, 0.3) is 0 Å². The highest BCUT2D eigenvalue weighted by molar-refractivity contribution is 5.88. The summed E-state index contributed by atoms with van der Waals surface area (Å²) in [6.07, 6.45) is 0.957. The third-order valence-corrected chi connectivity index (χ3v) is 3.04. The minimum Gasteiger partial charge on any atom is -0.357 e. The van der Waals surface area contributed by atoms with Crippen LogP contribution in [0.4, 0.5) is 8.78 Å². The lowest BCUT2D eigenvalue weighted by molar-refractivity contribution is -0.129. The molecule has 0 bridgehead atoms. The minimum absolute atomic E-state index is 0.200. The van der Waals surface area contributed by atoms with Crippen molar-refractivity contribution in [2.75, 3.05) is 7.05 Å². The molecule has 0 heterocycles. The molecule has 1 rings (SSSR count). The highest BCUT2D eigenvalue weighted by Crippen LogP contribution is 2.17. The van der Waals surface area contributed by atoms with Gasteiger partial charge >= 0.3 is 0 Å². The topological polar surface area (TPSA) is 58.2 Å². The molecule has 0 aliphatic heterocycles. The number of nitrogens with one attached hydrogen (secondary N) is 2. The van der Waals surface area contributed by atoms with Gasteiger partial charge in [0.2, 0.25) is 11.8 Å². The van der Waals surface area contributed by atoms with Crippen LogP contribution in [0, 0.1) is 17.6 Å². The summed E-state index contributed by atoms with van der Waals surface area (Å²) in [6.45, 7) is 3.97. The number of carbonyl (C=O) groups is 2. The highest BCUT2D eigenvalue weighted by Gasteiger charge is 2.22. The Morgan fingerprint density at radius 2 is 1.86 bits per heavy atom. The Kier molecular flexibility index (Phi) is 6.27. The molecule has 1 atom stereocenters. The Labute approximate surface area is 122 Å². The van der Waals surface area contributed by atoms with Crippen molar-refractivity contribution >= 4 is 11.8 Å². The summed E-state index contributed by atoms with van der Waals surface area (Å²) >= 11 is 0. The van der Waals surface area contributed by atoms with E-state index in [1.54, 1.807) is 0 Å². The van der Waals surface area contributed by atoms with Crippen LogP contribution in [0.3, 0.4) is 0 Å². The van der Waals surface area contributed by atoms with Gasteiger partial charge in [-0.2, -0.15) is 0 Å². The zero-order valence-electron chi connectivity index (χ0n) is 12.4. The first-order valence-corrected chi connectivity index (χ1v) is 6.81. The van der Waals surface area contributed by atoms with E-state index in [1.165, 1.54) is 13.1 Å². The van der Waals surface area contributed by atoms with Gasteiger partial charge in [-0.1, -0.05) is 19.9 Å². The second-order valence-electron chi connectivity index (χ2n) is 5.22. The molecule has 2 N–H and O–H groups in total. The predicted molar refractivity (Wildman–Crippen MR) is 75.4 cm³/mol. The molecular formula is C15H20F2N2O2. The fourth-order valence-corrected chi connectivity index (χ4v) is 1.79. The number of rotatable bonds is 6. The van der Waals surface area contributed by atoms with E-state index in [4.69, 9.17) is 0 Å². The molecule has 0 aliphatic carbocycles. The third kappa shape index (κ3) is 5.13. The Hall–Kier alpha value is -1.98. The van der Waals surface area contributed by atoms with Crippen LogP contribution in [0.25, 0.3) is 0 Å². The largest absolute Gasteiger partial charge is 0.357 e. The zero-order chi connectivity index (χ0) is 16.0. The average Bonchev–Trinajstić information content (AvgIpc) is 2.44. The summed E-state index contributed by atoms with van der Waals surface area (Å²) in [4.78, 5) is 23.7. The Balaban J connectivity index is 2.88. The van der Waals surface area contributed by atoms with Gasteiger partial charge in [0, 0.05) is 13.5 Å². The van der Waals surface area contributed by atoms with E-state index in [0.29, 0.717) is 12.3 Å². The van der Waals surface area contributed by atoms with Crippen LogP contribution < -0.4 is 10.6 Å². The molecule has 116 valence electrons. The first-order chi connectivity index (χ1) is 9.85. The quantitative estimate of drug-likeness (QED) is 0.846. The van der Waals surface area contributed by atoms with Gasteiger partial charge in [-0.05, 0) is 30.0 Å². The summed E-state index contributed by atoms with van der Waals surface area (Å²) in [5.74, 6) is -2.49. The molecule has 1 unspecified atom stereocenters. The van der Waals surface area contributed by atoms with Gasteiger partial charge in [0.15, 0.2) is 11.6 Å². The molecule has 2 amide bonds. The molecule has 0 spiro atoms. The smallest absolute Gasteiger partial charge is 0.246 e. The van der Waals surface area contributed by atoms with Crippen molar-refractivity contribution in [2.24, 2.45) is 5.92 Å². The molecule has 0 fully saturated rings. The molecule has 4 nitrogen and oxygen atoms in total. The fourth-order valence-electron chi connectivity index (χ4n) is 1.79. The summed E-state index contributed by atoms with van der Waals surface area (Å²) in [5, 5.41) is 4.94. The summed E-state index contributed by atoms with van der Waals surface area (Å²) in [6, 6.07) is 2.09. The average molecular weight is 298 g/mol. The third-order valence-electron chi connectivity index (χ3n) is 3.04. The molecule has 0 radical (unpaired) electrons. The zero-order valence-corrected chi connectivity index (χ0v) is 12.4. The van der Waals surface area contributed by atoms with Crippen molar-refractivity contribution in [3.63, 3.8) is 0 Å². The Morgan fingerprint density at radius 3 is 2.38 bits per heavy atom. The van der Waals surface area contributed by atoms with Crippen molar-refractivity contribution in [1.29, 1.82) is 0 Å². The number of benzene rings is 1. The monoisotopic (exact) mass is 298 g/mol. The van der Waals surface area contributed by atoms with Gasteiger partial charge in [0.1, 0.15) is 6.04 Å². The van der Waals surface area contributed by atoms with E-state index < -0.39 is 23.6 Å². The van der Waals surface area contributed by atoms with Crippen LogP contribution in [0.15, 0.2) is 18.2 Å². The van der Waals surface area contributed by atoms with E-state index in [0.717, 1.165) is 12.1 Å². The normalized spacial score (nSPS) is 12.1. The van der Waals surface area contributed by atoms with Crippen molar-refractivity contribution in [1.82, 2.24) is 10.6 Å². The van der Waals surface area contributed by atoms with Crippen molar-refractivity contribution in [3.8, 4) is 0 Å². The van der Waals surface area contributed by atoms with Crippen LogP contribution in [-0.4, -0.2) is 18.9 Å². The van der Waals surface area contributed by atoms with E-state index in [2.05, 4.69) is 10.6 Å². The summed E-state index contributed by atoms with van der Waals surface area (Å²) in [5.41, 5.74) is 0.200. The Morgan fingerprint density at radius 1 is 1.19 bits per heavy atom. The number of likely N-dealkylation sites (N-methyl/N-ethyl adjacent to an activating group) is 1. The molecule has 0 aliphatic rings. The number of halogens is 2. The first-order valence-electron chi connectivity index (χ1n) is 6.81. The van der Waals surface area contributed by atoms with Crippen LogP contribution in [0.2, 0.25) is 0 Å². The van der Waals surface area contributed by atoms with Crippen LogP contribution >= 0.6 is 0 Å². The molecular weight excluding hydrogens is 278 g/mol. The molecule has 0 saturated heterocycles. The van der Waals surface area contributed by atoms with E-state index >= 15 is 0 Å². The van der Waals surface area contributed by atoms with Gasteiger partial charge in [0.05, 0.1) is 0 Å². The summed E-state index contributed by atoms with van der Waals surface area (Å²) < 4.78 is 26.2. The van der Waals surface area contributed by atoms with E-state index in [9.17, 15) is 18.4 Å². The van der Waals surface area contributed by atoms with Crippen molar-refractivity contribution in [2.45, 2.75) is 32.7 Å². The number of carbonyl (C=O) groups excluding carboxylic acids is 2. The highest BCUT2D eigenvalue weighted by atomic mass is 19.2. The lowest BCUT2D eigenvalue weighted by Gasteiger charge is -2.18. The van der Waals surface area contributed by atoms with Crippen LogP contribution in [0.1, 0.15) is 38.3 Å².